The van der Waals surface area contributed by atoms with Crippen molar-refractivity contribution in [1.29, 1.82) is 5.26 Å². The number of pyridine rings is 1. The number of carbonyl (C=O) groups is 2. The Kier molecular flexibility index (Phi) is 7.95. The summed E-state index contributed by atoms with van der Waals surface area (Å²) < 4.78 is 49.1. The summed E-state index contributed by atoms with van der Waals surface area (Å²) in [7, 11) is 0. The number of likely N-dealkylation sites (tertiary alicyclic amines) is 1. The number of halogens is 3. The molecule has 0 aromatic carbocycles. The minimum absolute atomic E-state index is 0.0754. The van der Waals surface area contributed by atoms with Crippen molar-refractivity contribution in [2.24, 2.45) is 0 Å². The van der Waals surface area contributed by atoms with Gasteiger partial charge in [0.2, 0.25) is 0 Å². The minimum atomic E-state index is -2.95. The molecule has 3 N–H and O–H groups in total. The van der Waals surface area contributed by atoms with Gasteiger partial charge in [-0.2, -0.15) is 10.4 Å². The van der Waals surface area contributed by atoms with E-state index in [1.807, 2.05) is 6.07 Å². The van der Waals surface area contributed by atoms with E-state index in [1.54, 1.807) is 28.8 Å². The van der Waals surface area contributed by atoms with Crippen LogP contribution < -0.4 is 10.6 Å². The van der Waals surface area contributed by atoms with E-state index in [0.717, 1.165) is 4.90 Å². The number of alkyl halides is 3. The molecule has 0 spiro atoms. The molecule has 2 atom stereocenters. The molecule has 3 aromatic heterocycles. The molecule has 14 heteroatoms. The van der Waals surface area contributed by atoms with E-state index in [-0.39, 0.29) is 18.2 Å². The zero-order chi connectivity index (χ0) is 31.1. The van der Waals surface area contributed by atoms with E-state index in [2.05, 4.69) is 20.7 Å². The third kappa shape index (κ3) is 6.22. The smallest absolute Gasteiger partial charge is 0.410 e. The molecule has 3 aromatic rings. The molecule has 2 aliphatic rings. The van der Waals surface area contributed by atoms with E-state index in [4.69, 9.17) is 4.74 Å². The maximum absolute atomic E-state index is 14.3. The molecule has 5 rings (SSSR count). The highest BCUT2D eigenvalue weighted by Gasteiger charge is 2.49. The average molecular weight is 600 g/mol. The maximum atomic E-state index is 14.3. The fourth-order valence-electron chi connectivity index (χ4n) is 5.04. The Morgan fingerprint density at radius 2 is 2.02 bits per heavy atom. The molecule has 1 aliphatic carbocycles. The van der Waals surface area contributed by atoms with Crippen molar-refractivity contribution in [3.63, 3.8) is 0 Å². The van der Waals surface area contributed by atoms with Crippen molar-refractivity contribution in [2.45, 2.75) is 75.9 Å². The van der Waals surface area contributed by atoms with Crippen molar-refractivity contribution in [3.8, 4) is 17.5 Å². The lowest BCUT2D eigenvalue weighted by Crippen LogP contribution is -2.47. The standard InChI is InChI=1S/C29H32F3N7O4/c1-16-29(31,32)6-7-38(16)27(41)43-20-9-18(10-20)37-22-11-23(24-5-4-19-8-17(12-33)13-36-39(19)24)34-14-21(22)26(40)35-15-25(30)28(2,3)42/h4-5,8,11,13-14,16,18,20,25,42H,6-7,9-10,15H2,1-3H3,(H,34,37)(H,35,40). The number of aromatic nitrogens is 3. The van der Waals surface area contributed by atoms with Crippen molar-refractivity contribution in [2.75, 3.05) is 18.4 Å². The molecule has 2 amide bonds. The van der Waals surface area contributed by atoms with Crippen LogP contribution in [0.2, 0.25) is 0 Å². The number of aliphatic hydroxyl groups is 1. The fraction of sp³-hybridized carbons (Fsp3) is 0.483. The fourth-order valence-corrected chi connectivity index (χ4v) is 5.04. The molecule has 1 saturated heterocycles. The molecular weight excluding hydrogens is 567 g/mol. The largest absolute Gasteiger partial charge is 0.446 e. The third-order valence-corrected chi connectivity index (χ3v) is 7.97. The van der Waals surface area contributed by atoms with Gasteiger partial charge in [0.1, 0.15) is 18.3 Å². The van der Waals surface area contributed by atoms with E-state index >= 15 is 0 Å². The number of nitrogens with one attached hydrogen (secondary N) is 2. The summed E-state index contributed by atoms with van der Waals surface area (Å²) >= 11 is 0. The number of hydrogen-bond acceptors (Lipinski definition) is 8. The Morgan fingerprint density at radius 3 is 2.67 bits per heavy atom. The van der Waals surface area contributed by atoms with Crippen LogP contribution in [0.5, 0.6) is 0 Å². The van der Waals surface area contributed by atoms with Crippen molar-refractivity contribution < 1.29 is 32.6 Å². The molecule has 2 unspecified atom stereocenters. The van der Waals surface area contributed by atoms with Gasteiger partial charge in [-0.05, 0) is 45.0 Å². The molecule has 0 bridgehead atoms. The lowest BCUT2D eigenvalue weighted by Gasteiger charge is -2.37. The second kappa shape index (κ2) is 11.4. The summed E-state index contributed by atoms with van der Waals surface area (Å²) in [5, 5.41) is 29.1. The number of rotatable bonds is 8. The van der Waals surface area contributed by atoms with Crippen LogP contribution in [0.25, 0.3) is 16.9 Å². The first-order valence-corrected chi connectivity index (χ1v) is 13.9. The van der Waals surface area contributed by atoms with E-state index in [0.29, 0.717) is 41.0 Å². The Labute approximate surface area is 245 Å². The second-order valence-electron chi connectivity index (χ2n) is 11.6. The topological polar surface area (TPSA) is 145 Å². The summed E-state index contributed by atoms with van der Waals surface area (Å²) in [6.45, 7) is 3.41. The zero-order valence-corrected chi connectivity index (χ0v) is 23.9. The zero-order valence-electron chi connectivity index (χ0n) is 23.9. The van der Waals surface area contributed by atoms with Gasteiger partial charge in [0.25, 0.3) is 11.8 Å². The van der Waals surface area contributed by atoms with Crippen molar-refractivity contribution >= 4 is 23.2 Å². The van der Waals surface area contributed by atoms with Crippen LogP contribution >= 0.6 is 0 Å². The van der Waals surface area contributed by atoms with Crippen LogP contribution in [0.4, 0.5) is 23.7 Å². The van der Waals surface area contributed by atoms with Gasteiger partial charge in [-0.15, -0.1) is 0 Å². The molecule has 4 heterocycles. The van der Waals surface area contributed by atoms with Crippen LogP contribution in [0.3, 0.4) is 0 Å². The summed E-state index contributed by atoms with van der Waals surface area (Å²) in [4.78, 5) is 31.0. The van der Waals surface area contributed by atoms with Gasteiger partial charge in [0.05, 0.1) is 58.1 Å². The molecular formula is C29H32F3N7O4. The lowest BCUT2D eigenvalue weighted by molar-refractivity contribution is -0.0339. The van der Waals surface area contributed by atoms with Gasteiger partial charge in [-0.25, -0.2) is 22.5 Å². The molecule has 1 saturated carbocycles. The van der Waals surface area contributed by atoms with Crippen LogP contribution in [0, 0.1) is 11.3 Å². The average Bonchev–Trinajstić information content (AvgIpc) is 3.48. The lowest BCUT2D eigenvalue weighted by atomic mass is 9.88. The molecule has 0 radical (unpaired) electrons. The summed E-state index contributed by atoms with van der Waals surface area (Å²) in [5.74, 6) is -3.57. The van der Waals surface area contributed by atoms with Crippen molar-refractivity contribution in [3.05, 3.63) is 47.8 Å². The Hall–Kier alpha value is -4.38. The summed E-state index contributed by atoms with van der Waals surface area (Å²) in [6, 6.07) is 7.45. The SMILES string of the molecule is CC1N(C(=O)OC2CC(Nc3cc(-c4ccc5cc(C#N)cnn45)ncc3C(=O)NCC(F)C(C)(C)O)C2)CCC1(F)F. The number of carbonyl (C=O) groups excluding carboxylic acids is 2. The first-order chi connectivity index (χ1) is 20.3. The van der Waals surface area contributed by atoms with Gasteiger partial charge >= 0.3 is 6.09 Å². The Balaban J connectivity index is 1.32. The molecule has 43 heavy (non-hydrogen) atoms. The third-order valence-electron chi connectivity index (χ3n) is 7.97. The molecule has 228 valence electrons. The van der Waals surface area contributed by atoms with Gasteiger partial charge in [-0.1, -0.05) is 0 Å². The Morgan fingerprint density at radius 1 is 1.28 bits per heavy atom. The van der Waals surface area contributed by atoms with E-state index in [9.17, 15) is 33.1 Å². The number of nitriles is 1. The number of ether oxygens (including phenoxy) is 1. The first kappa shape index (κ1) is 30.1. The van der Waals surface area contributed by atoms with E-state index in [1.165, 1.54) is 33.2 Å². The number of hydrogen-bond donors (Lipinski definition) is 3. The number of nitrogens with zero attached hydrogens (tertiary/aromatic N) is 5. The van der Waals surface area contributed by atoms with Crippen LogP contribution in [-0.4, -0.2) is 85.6 Å². The quantitative estimate of drug-likeness (QED) is 0.354. The van der Waals surface area contributed by atoms with Gasteiger partial charge < -0.3 is 20.5 Å². The van der Waals surface area contributed by atoms with Crippen LogP contribution in [-0.2, 0) is 4.74 Å². The summed E-state index contributed by atoms with van der Waals surface area (Å²) in [5.41, 5.74) is 0.978. The highest BCUT2D eigenvalue weighted by atomic mass is 19.3. The number of anilines is 1. The molecule has 11 nitrogen and oxygen atoms in total. The van der Waals surface area contributed by atoms with Gasteiger partial charge in [0, 0.05) is 38.0 Å². The summed E-state index contributed by atoms with van der Waals surface area (Å²) in [6.07, 6.45) is 0.138. The number of fused-ring (bicyclic) bond motifs is 1. The predicted molar refractivity (Wildman–Crippen MR) is 149 cm³/mol. The predicted octanol–water partition coefficient (Wildman–Crippen LogP) is 3.92. The van der Waals surface area contributed by atoms with Crippen molar-refractivity contribution in [1.82, 2.24) is 24.8 Å². The highest BCUT2D eigenvalue weighted by molar-refractivity contribution is 6.00. The van der Waals surface area contributed by atoms with Crippen LogP contribution in [0.1, 0.15) is 56.0 Å². The molecule has 2 fully saturated rings. The highest BCUT2D eigenvalue weighted by Crippen LogP contribution is 2.36. The Bertz CT molecular complexity index is 1580. The van der Waals surface area contributed by atoms with E-state index < -0.39 is 54.8 Å². The monoisotopic (exact) mass is 599 g/mol. The normalized spacial score (nSPS) is 22.0. The second-order valence-corrected chi connectivity index (χ2v) is 11.6. The van der Waals surface area contributed by atoms with Gasteiger partial charge in [0.15, 0.2) is 0 Å². The minimum Gasteiger partial charge on any atom is -0.446 e. The molecule has 1 aliphatic heterocycles. The first-order valence-electron chi connectivity index (χ1n) is 13.9. The van der Waals surface area contributed by atoms with Crippen LogP contribution in [0.15, 0.2) is 36.7 Å². The van der Waals surface area contributed by atoms with Gasteiger partial charge in [-0.3, -0.25) is 14.7 Å². The maximum Gasteiger partial charge on any atom is 0.410 e. The number of amides is 2.